The summed E-state index contributed by atoms with van der Waals surface area (Å²) in [4.78, 5) is 5.76. The predicted molar refractivity (Wildman–Crippen MR) is 116 cm³/mol. The smallest absolute Gasteiger partial charge is 0.431 e. The van der Waals surface area contributed by atoms with Crippen LogP contribution in [0, 0.1) is 18.3 Å². The molecule has 3 rings (SSSR count). The molecule has 0 radical (unpaired) electrons. The molecule has 2 heterocycles. The van der Waals surface area contributed by atoms with E-state index in [0.29, 0.717) is 23.4 Å². The summed E-state index contributed by atoms with van der Waals surface area (Å²) in [5.41, 5.74) is 1.10. The van der Waals surface area contributed by atoms with Crippen molar-refractivity contribution in [3.05, 3.63) is 39.7 Å². The molecule has 0 bridgehead atoms. The van der Waals surface area contributed by atoms with Crippen molar-refractivity contribution in [2.75, 3.05) is 6.54 Å². The van der Waals surface area contributed by atoms with E-state index in [9.17, 15) is 13.2 Å². The van der Waals surface area contributed by atoms with E-state index in [1.807, 2.05) is 39.9 Å². The molecule has 168 valence electrons. The van der Waals surface area contributed by atoms with Gasteiger partial charge in [-0.2, -0.15) is 23.4 Å². The Kier molecular flexibility index (Phi) is 5.87. The van der Waals surface area contributed by atoms with Crippen molar-refractivity contribution in [1.29, 1.82) is 5.26 Å². The molecule has 2 aliphatic rings. The van der Waals surface area contributed by atoms with E-state index in [-0.39, 0.29) is 33.9 Å². The van der Waals surface area contributed by atoms with E-state index in [0.717, 1.165) is 0 Å². The van der Waals surface area contributed by atoms with E-state index in [1.54, 1.807) is 13.0 Å². The number of hydrogen-bond donors (Lipinski definition) is 0. The van der Waals surface area contributed by atoms with Gasteiger partial charge in [0.25, 0.3) is 6.02 Å². The summed E-state index contributed by atoms with van der Waals surface area (Å²) in [5.74, 6) is 0.327. The van der Waals surface area contributed by atoms with E-state index in [4.69, 9.17) is 26.0 Å². The number of amidine groups is 1. The van der Waals surface area contributed by atoms with Crippen LogP contribution in [0.15, 0.2) is 28.6 Å². The number of halogens is 4. The lowest BCUT2D eigenvalue weighted by molar-refractivity contribution is -0.183. The summed E-state index contributed by atoms with van der Waals surface area (Å²) in [7, 11) is -2.34. The molecule has 1 fully saturated rings. The Morgan fingerprint density at radius 3 is 2.48 bits per heavy atom. The van der Waals surface area contributed by atoms with Crippen molar-refractivity contribution in [1.82, 2.24) is 4.90 Å². The Balaban J connectivity index is 2.05. The van der Waals surface area contributed by atoms with Gasteiger partial charge in [0.05, 0.1) is 16.3 Å². The zero-order valence-corrected chi connectivity index (χ0v) is 20.1. The third-order valence-corrected chi connectivity index (χ3v) is 10.9. The number of nitrogens with zero attached hydrogens (tertiary/aromatic N) is 3. The predicted octanol–water partition coefficient (Wildman–Crippen LogP) is 6.41. The van der Waals surface area contributed by atoms with Crippen LogP contribution < -0.4 is 0 Å². The first-order chi connectivity index (χ1) is 14.2. The second kappa shape index (κ2) is 7.75. The number of fused-ring (bicyclic) bond motifs is 1. The van der Waals surface area contributed by atoms with Gasteiger partial charge in [0.15, 0.2) is 0 Å². The molecule has 10 heteroatoms. The first kappa shape index (κ1) is 23.5. The average Bonchev–Trinajstić information content (AvgIpc) is 3.19. The van der Waals surface area contributed by atoms with Crippen molar-refractivity contribution in [2.24, 2.45) is 4.99 Å². The minimum atomic E-state index is -4.62. The molecule has 1 saturated heterocycles. The Labute approximate surface area is 186 Å². The monoisotopic (exact) mass is 471 g/mol. The number of alkyl halides is 3. The molecule has 1 aromatic rings. The van der Waals surface area contributed by atoms with Crippen molar-refractivity contribution < 1.29 is 22.3 Å². The van der Waals surface area contributed by atoms with Crippen molar-refractivity contribution in [3.63, 3.8) is 0 Å². The van der Waals surface area contributed by atoms with Gasteiger partial charge in [-0.05, 0) is 42.8 Å². The topological polar surface area (TPSA) is 57.9 Å². The number of rotatable bonds is 3. The van der Waals surface area contributed by atoms with E-state index >= 15 is 0 Å². The lowest BCUT2D eigenvalue weighted by atomic mass is 10.1. The normalized spacial score (nSPS) is 20.7. The van der Waals surface area contributed by atoms with Crippen molar-refractivity contribution in [2.45, 2.75) is 64.5 Å². The fourth-order valence-electron chi connectivity index (χ4n) is 3.18. The highest BCUT2D eigenvalue weighted by Crippen LogP contribution is 2.45. The maximum absolute atomic E-state index is 13.9. The Bertz CT molecular complexity index is 1010. The molecule has 2 aliphatic heterocycles. The molecule has 0 N–H and O–H groups in total. The average molecular weight is 472 g/mol. The van der Waals surface area contributed by atoms with Crippen LogP contribution in [-0.4, -0.2) is 38.1 Å². The third kappa shape index (κ3) is 4.28. The van der Waals surface area contributed by atoms with Crippen LogP contribution in [0.4, 0.5) is 18.9 Å². The van der Waals surface area contributed by atoms with Crippen LogP contribution in [0.25, 0.3) is 0 Å². The van der Waals surface area contributed by atoms with Crippen LogP contribution in [0.3, 0.4) is 0 Å². The number of ether oxygens (including phenoxy) is 1. The van der Waals surface area contributed by atoms with Gasteiger partial charge >= 0.3 is 6.18 Å². The molecule has 0 aromatic heterocycles. The molecule has 0 unspecified atom stereocenters. The molecule has 31 heavy (non-hydrogen) atoms. The van der Waals surface area contributed by atoms with Gasteiger partial charge in [0, 0.05) is 13.0 Å². The fraction of sp³-hybridized carbons (Fsp3) is 0.524. The summed E-state index contributed by atoms with van der Waals surface area (Å²) in [6.07, 6.45) is -6.40. The van der Waals surface area contributed by atoms with Crippen LogP contribution in [0.1, 0.15) is 38.3 Å². The standard InChI is InChI=1S/C21H25ClF3N3O2Si/c1-12-14(8-7-13(11-26)16(12)22)27-19-28-10-9-15(30-31(5,6)20(2,3)4)17(28)18(29-19)21(23,24)25/h7-8,18H,9-10H2,1-6H3/t18-/m1/s1. The summed E-state index contributed by atoms with van der Waals surface area (Å²) in [6, 6.07) is 4.85. The summed E-state index contributed by atoms with van der Waals surface area (Å²) < 4.78 is 53.1. The zero-order valence-electron chi connectivity index (χ0n) is 18.3. The molecule has 1 atom stereocenters. The Morgan fingerprint density at radius 2 is 1.94 bits per heavy atom. The lowest BCUT2D eigenvalue weighted by Gasteiger charge is -2.37. The highest BCUT2D eigenvalue weighted by Gasteiger charge is 2.56. The maximum Gasteiger partial charge on any atom is 0.431 e. The number of benzene rings is 1. The quantitative estimate of drug-likeness (QED) is 0.478. The second-order valence-corrected chi connectivity index (χ2v) is 14.3. The highest BCUT2D eigenvalue weighted by atomic mass is 35.5. The molecule has 5 nitrogen and oxygen atoms in total. The molecule has 0 aliphatic carbocycles. The fourth-order valence-corrected chi connectivity index (χ4v) is 4.51. The largest absolute Gasteiger partial charge is 0.545 e. The van der Waals surface area contributed by atoms with Gasteiger partial charge in [0.1, 0.15) is 17.5 Å². The van der Waals surface area contributed by atoms with Crippen LogP contribution in [0.2, 0.25) is 23.2 Å². The Hall–Kier alpha value is -2.18. The molecule has 0 saturated carbocycles. The minimum Gasteiger partial charge on any atom is -0.545 e. The first-order valence-corrected chi connectivity index (χ1v) is 13.2. The van der Waals surface area contributed by atoms with Gasteiger partial charge in [-0.15, -0.1) is 0 Å². The van der Waals surface area contributed by atoms with Gasteiger partial charge < -0.3 is 9.16 Å². The molecule has 0 amide bonds. The van der Waals surface area contributed by atoms with Crippen molar-refractivity contribution >= 4 is 31.6 Å². The molecular formula is C21H25ClF3N3O2Si. The van der Waals surface area contributed by atoms with Gasteiger partial charge in [-0.1, -0.05) is 32.4 Å². The van der Waals surface area contributed by atoms with Gasteiger partial charge in [-0.25, -0.2) is 0 Å². The van der Waals surface area contributed by atoms with Crippen LogP contribution in [-0.2, 0) is 9.16 Å². The minimum absolute atomic E-state index is 0.0199. The van der Waals surface area contributed by atoms with Crippen LogP contribution >= 0.6 is 11.6 Å². The van der Waals surface area contributed by atoms with Gasteiger partial charge in [-0.3, -0.25) is 4.90 Å². The number of hydrogen-bond acceptors (Lipinski definition) is 4. The molecule has 1 aromatic carbocycles. The molecular weight excluding hydrogens is 447 g/mol. The Morgan fingerprint density at radius 1 is 1.29 bits per heavy atom. The lowest BCUT2D eigenvalue weighted by Crippen LogP contribution is -2.41. The third-order valence-electron chi connectivity index (χ3n) is 6.02. The van der Waals surface area contributed by atoms with E-state index in [2.05, 4.69) is 4.99 Å². The second-order valence-electron chi connectivity index (χ2n) is 9.19. The number of aliphatic imine (C=N–C) groups is 1. The van der Waals surface area contributed by atoms with E-state index in [1.165, 1.54) is 11.0 Å². The van der Waals surface area contributed by atoms with Gasteiger partial charge in [0.2, 0.25) is 14.4 Å². The SMILES string of the molecule is Cc1c(N=C2O[C@@H](C(F)(F)F)C3=C(O[Si](C)(C)C(C)(C)C)CCN23)ccc(C#N)c1Cl. The maximum atomic E-state index is 13.9. The summed E-state index contributed by atoms with van der Waals surface area (Å²) >= 11 is 6.18. The first-order valence-electron chi connectivity index (χ1n) is 9.88. The van der Waals surface area contributed by atoms with Crippen molar-refractivity contribution in [3.8, 4) is 6.07 Å². The summed E-state index contributed by atoms with van der Waals surface area (Å²) in [5, 5.41) is 9.16. The van der Waals surface area contributed by atoms with Crippen LogP contribution in [0.5, 0.6) is 0 Å². The molecule has 0 spiro atoms. The highest BCUT2D eigenvalue weighted by molar-refractivity contribution is 6.74. The number of nitriles is 1. The zero-order chi connectivity index (χ0) is 23.4. The van der Waals surface area contributed by atoms with E-state index < -0.39 is 20.6 Å². The summed E-state index contributed by atoms with van der Waals surface area (Å²) in [6.45, 7) is 12.0.